The minimum absolute atomic E-state index is 0.0314. The van der Waals surface area contributed by atoms with Gasteiger partial charge in [-0.15, -0.1) is 0 Å². The first-order chi connectivity index (χ1) is 8.20. The minimum atomic E-state index is -0.589. The summed E-state index contributed by atoms with van der Waals surface area (Å²) in [6.45, 7) is 1.56. The fourth-order valence-electron chi connectivity index (χ4n) is 1.60. The zero-order valence-corrected chi connectivity index (χ0v) is 8.92. The number of nitriles is 1. The number of hydrogen-bond donors (Lipinski definition) is 1. The van der Waals surface area contributed by atoms with Gasteiger partial charge in [0.05, 0.1) is 4.92 Å². The molecule has 1 aliphatic rings. The molecule has 2 rings (SSSR count). The van der Waals surface area contributed by atoms with Crippen LogP contribution in [-0.4, -0.2) is 29.1 Å². The Bertz CT molecular complexity index is 477. The number of nitro groups is 1. The molecule has 1 fully saturated rings. The van der Waals surface area contributed by atoms with Crippen LogP contribution in [0.1, 0.15) is 12.0 Å². The molecule has 17 heavy (non-hydrogen) atoms. The smallest absolute Gasteiger partial charge is 0.289 e. The van der Waals surface area contributed by atoms with Crippen LogP contribution in [0.3, 0.4) is 0 Å². The average Bonchev–Trinajstić information content (AvgIpc) is 2.82. The highest BCUT2D eigenvalue weighted by Crippen LogP contribution is 2.22. The number of rotatable bonds is 3. The largest absolute Gasteiger partial charge is 0.472 e. The summed E-state index contributed by atoms with van der Waals surface area (Å²) in [6, 6.07) is 3.02. The van der Waals surface area contributed by atoms with Gasteiger partial charge in [-0.1, -0.05) is 0 Å². The molecule has 2 heterocycles. The summed E-state index contributed by atoms with van der Waals surface area (Å²) in [4.78, 5) is 13.8. The second-order valence-electron chi connectivity index (χ2n) is 3.65. The highest BCUT2D eigenvalue weighted by atomic mass is 16.6. The van der Waals surface area contributed by atoms with Gasteiger partial charge in [-0.2, -0.15) is 5.26 Å². The van der Waals surface area contributed by atoms with Crippen LogP contribution in [0.4, 0.5) is 5.69 Å². The summed E-state index contributed by atoms with van der Waals surface area (Å²) in [5.41, 5.74) is -0.121. The molecule has 1 unspecified atom stereocenters. The van der Waals surface area contributed by atoms with E-state index in [1.807, 2.05) is 6.07 Å². The van der Waals surface area contributed by atoms with Crippen molar-refractivity contribution in [3.05, 3.63) is 27.9 Å². The molecule has 1 aliphatic heterocycles. The number of ether oxygens (including phenoxy) is 1. The number of nitrogens with one attached hydrogen (secondary N) is 1. The Morgan fingerprint density at radius 2 is 2.53 bits per heavy atom. The average molecular weight is 234 g/mol. The quantitative estimate of drug-likeness (QED) is 0.607. The van der Waals surface area contributed by atoms with Crippen LogP contribution < -0.4 is 10.1 Å². The molecular weight excluding hydrogens is 224 g/mol. The molecule has 7 nitrogen and oxygen atoms in total. The lowest BCUT2D eigenvalue weighted by Crippen LogP contribution is -2.20. The van der Waals surface area contributed by atoms with Crippen molar-refractivity contribution in [3.8, 4) is 11.9 Å². The van der Waals surface area contributed by atoms with Crippen LogP contribution in [0.5, 0.6) is 5.88 Å². The van der Waals surface area contributed by atoms with Crippen molar-refractivity contribution in [2.45, 2.75) is 12.5 Å². The summed E-state index contributed by atoms with van der Waals surface area (Å²) in [5, 5.41) is 22.5. The first-order valence-electron chi connectivity index (χ1n) is 5.12. The van der Waals surface area contributed by atoms with Gasteiger partial charge < -0.3 is 10.1 Å². The maximum Gasteiger partial charge on any atom is 0.289 e. The Balaban J connectivity index is 2.22. The maximum atomic E-state index is 10.5. The van der Waals surface area contributed by atoms with E-state index < -0.39 is 4.92 Å². The summed E-state index contributed by atoms with van der Waals surface area (Å²) >= 11 is 0. The Morgan fingerprint density at radius 3 is 3.12 bits per heavy atom. The van der Waals surface area contributed by atoms with E-state index in [1.54, 1.807) is 0 Å². The molecule has 1 N–H and O–H groups in total. The number of nitrogens with zero attached hydrogens (tertiary/aromatic N) is 3. The summed E-state index contributed by atoms with van der Waals surface area (Å²) in [6.07, 6.45) is 1.90. The van der Waals surface area contributed by atoms with Crippen LogP contribution >= 0.6 is 0 Å². The third kappa shape index (κ3) is 2.49. The Morgan fingerprint density at radius 1 is 1.71 bits per heavy atom. The van der Waals surface area contributed by atoms with Gasteiger partial charge in [0.25, 0.3) is 5.69 Å². The topological polar surface area (TPSA) is 101 Å². The molecule has 1 atom stereocenters. The van der Waals surface area contributed by atoms with E-state index in [2.05, 4.69) is 10.3 Å². The predicted molar refractivity (Wildman–Crippen MR) is 57.5 cm³/mol. The van der Waals surface area contributed by atoms with Gasteiger partial charge in [0, 0.05) is 12.6 Å². The summed E-state index contributed by atoms with van der Waals surface area (Å²) in [7, 11) is 0. The van der Waals surface area contributed by atoms with Gasteiger partial charge in [0.2, 0.25) is 5.88 Å². The number of aromatic nitrogens is 1. The van der Waals surface area contributed by atoms with E-state index in [-0.39, 0.29) is 23.2 Å². The van der Waals surface area contributed by atoms with E-state index in [1.165, 1.54) is 6.07 Å². The van der Waals surface area contributed by atoms with Crippen molar-refractivity contribution in [3.63, 3.8) is 0 Å². The highest BCUT2D eigenvalue weighted by molar-refractivity contribution is 5.45. The zero-order valence-electron chi connectivity index (χ0n) is 8.92. The lowest BCUT2D eigenvalue weighted by molar-refractivity contribution is -0.385. The molecular formula is C10H10N4O3. The second kappa shape index (κ2) is 4.76. The Hall–Kier alpha value is -2.20. The van der Waals surface area contributed by atoms with Gasteiger partial charge in [0.1, 0.15) is 23.9 Å². The SMILES string of the molecule is N#Cc1cc([N+](=O)[O-])cnc1OC1CCNC1. The van der Waals surface area contributed by atoms with Crippen LogP contribution in [0.2, 0.25) is 0 Å². The van der Waals surface area contributed by atoms with E-state index in [9.17, 15) is 10.1 Å². The molecule has 0 amide bonds. The first kappa shape index (κ1) is 11.3. The Labute approximate surface area is 97.2 Å². The number of hydrogen-bond acceptors (Lipinski definition) is 6. The number of pyridine rings is 1. The van der Waals surface area contributed by atoms with Crippen LogP contribution in [-0.2, 0) is 0 Å². The molecule has 1 aromatic heterocycles. The third-order valence-electron chi connectivity index (χ3n) is 2.46. The van der Waals surface area contributed by atoms with Crippen molar-refractivity contribution >= 4 is 5.69 Å². The fraction of sp³-hybridized carbons (Fsp3) is 0.400. The molecule has 1 saturated heterocycles. The molecule has 88 valence electrons. The highest BCUT2D eigenvalue weighted by Gasteiger charge is 2.20. The van der Waals surface area contributed by atoms with E-state index >= 15 is 0 Å². The summed E-state index contributed by atoms with van der Waals surface area (Å²) < 4.78 is 5.51. The first-order valence-corrected chi connectivity index (χ1v) is 5.12. The second-order valence-corrected chi connectivity index (χ2v) is 3.65. The predicted octanol–water partition coefficient (Wildman–Crippen LogP) is 0.602. The fourth-order valence-corrected chi connectivity index (χ4v) is 1.60. The lowest BCUT2D eigenvalue weighted by Gasteiger charge is -2.11. The van der Waals surface area contributed by atoms with Crippen LogP contribution in [0.15, 0.2) is 12.3 Å². The van der Waals surface area contributed by atoms with Crippen molar-refractivity contribution in [2.75, 3.05) is 13.1 Å². The molecule has 7 heteroatoms. The van der Waals surface area contributed by atoms with Crippen molar-refractivity contribution in [1.29, 1.82) is 5.26 Å². The Kier molecular flexibility index (Phi) is 3.16. The molecule has 0 bridgehead atoms. The third-order valence-corrected chi connectivity index (χ3v) is 2.46. The molecule has 0 aromatic carbocycles. The van der Waals surface area contributed by atoms with Crippen molar-refractivity contribution in [1.82, 2.24) is 10.3 Å². The van der Waals surface area contributed by atoms with Crippen LogP contribution in [0, 0.1) is 21.4 Å². The van der Waals surface area contributed by atoms with Crippen LogP contribution in [0.25, 0.3) is 0 Å². The van der Waals surface area contributed by atoms with Gasteiger partial charge >= 0.3 is 0 Å². The van der Waals surface area contributed by atoms with Gasteiger partial charge in [-0.05, 0) is 13.0 Å². The summed E-state index contributed by atoms with van der Waals surface area (Å²) in [5.74, 6) is 0.159. The zero-order chi connectivity index (χ0) is 12.3. The lowest BCUT2D eigenvalue weighted by atomic mass is 10.2. The standard InChI is InChI=1S/C10H10N4O3/c11-4-7-3-8(14(15)16)5-13-10(7)17-9-1-2-12-6-9/h3,5,9,12H,1-2,6H2. The van der Waals surface area contributed by atoms with Gasteiger partial charge in [-0.25, -0.2) is 4.98 Å². The minimum Gasteiger partial charge on any atom is -0.472 e. The van der Waals surface area contributed by atoms with Crippen molar-refractivity contribution < 1.29 is 9.66 Å². The molecule has 0 saturated carbocycles. The van der Waals surface area contributed by atoms with Crippen molar-refractivity contribution in [2.24, 2.45) is 0 Å². The van der Waals surface area contributed by atoms with E-state index in [4.69, 9.17) is 10.00 Å². The van der Waals surface area contributed by atoms with E-state index in [0.717, 1.165) is 19.2 Å². The van der Waals surface area contributed by atoms with E-state index in [0.29, 0.717) is 6.54 Å². The normalized spacial score (nSPS) is 18.6. The monoisotopic (exact) mass is 234 g/mol. The maximum absolute atomic E-state index is 10.5. The molecule has 0 radical (unpaired) electrons. The molecule has 1 aromatic rings. The molecule has 0 aliphatic carbocycles. The van der Waals surface area contributed by atoms with Gasteiger partial charge in [0.15, 0.2) is 0 Å². The van der Waals surface area contributed by atoms with Gasteiger partial charge in [-0.3, -0.25) is 10.1 Å². The molecule has 0 spiro atoms.